The van der Waals surface area contributed by atoms with Crippen molar-refractivity contribution in [2.24, 2.45) is 10.9 Å². The molecule has 0 bridgehead atoms. The number of hydrogen-bond acceptors (Lipinski definition) is 3. The molecule has 0 aliphatic carbocycles. The highest BCUT2D eigenvalue weighted by atomic mass is 127. The van der Waals surface area contributed by atoms with Crippen molar-refractivity contribution >= 4 is 41.3 Å². The van der Waals surface area contributed by atoms with E-state index in [0.29, 0.717) is 0 Å². The van der Waals surface area contributed by atoms with E-state index in [0.717, 1.165) is 35.7 Å². The molecule has 0 saturated carbocycles. The monoisotopic (exact) mass is 438 g/mol. The summed E-state index contributed by atoms with van der Waals surface area (Å²) in [4.78, 5) is 8.93. The first kappa shape index (κ1) is 21.6. The Kier molecular flexibility index (Phi) is 10.2. The van der Waals surface area contributed by atoms with Crippen LogP contribution in [-0.2, 0) is 12.0 Å². The average Bonchev–Trinajstić information content (AvgIpc) is 2.86. The fourth-order valence-electron chi connectivity index (χ4n) is 1.83. The van der Waals surface area contributed by atoms with Gasteiger partial charge in [-0.1, -0.05) is 34.6 Å². The number of nitrogens with zero attached hydrogens (tertiary/aromatic N) is 2. The van der Waals surface area contributed by atoms with Gasteiger partial charge in [-0.3, -0.25) is 4.99 Å². The Balaban J connectivity index is 0.00000441. The van der Waals surface area contributed by atoms with E-state index in [1.807, 2.05) is 0 Å². The minimum Gasteiger partial charge on any atom is -0.356 e. The fraction of sp³-hybridized carbons (Fsp3) is 0.750. The van der Waals surface area contributed by atoms with Crippen LogP contribution in [0.15, 0.2) is 10.4 Å². The zero-order valence-corrected chi connectivity index (χ0v) is 17.8. The third-order valence-electron chi connectivity index (χ3n) is 3.20. The molecule has 4 nitrogen and oxygen atoms in total. The highest BCUT2D eigenvalue weighted by Gasteiger charge is 2.17. The molecular formula is C16H31IN4S. The van der Waals surface area contributed by atoms with Crippen LogP contribution in [0.25, 0.3) is 0 Å². The van der Waals surface area contributed by atoms with Gasteiger partial charge in [0, 0.05) is 24.4 Å². The van der Waals surface area contributed by atoms with Gasteiger partial charge in [-0.05, 0) is 18.8 Å². The fourth-order valence-corrected chi connectivity index (χ4v) is 2.79. The van der Waals surface area contributed by atoms with E-state index in [4.69, 9.17) is 0 Å². The van der Waals surface area contributed by atoms with E-state index < -0.39 is 0 Å². The maximum Gasteiger partial charge on any atom is 0.191 e. The lowest BCUT2D eigenvalue weighted by Crippen LogP contribution is -2.37. The van der Waals surface area contributed by atoms with Gasteiger partial charge >= 0.3 is 0 Å². The van der Waals surface area contributed by atoms with Crippen molar-refractivity contribution in [3.8, 4) is 0 Å². The molecule has 1 heterocycles. The molecule has 22 heavy (non-hydrogen) atoms. The van der Waals surface area contributed by atoms with Crippen molar-refractivity contribution in [3.63, 3.8) is 0 Å². The van der Waals surface area contributed by atoms with E-state index in [1.165, 1.54) is 12.8 Å². The summed E-state index contributed by atoms with van der Waals surface area (Å²) in [6, 6.07) is 0. The largest absolute Gasteiger partial charge is 0.356 e. The molecule has 2 N–H and O–H groups in total. The van der Waals surface area contributed by atoms with Gasteiger partial charge in [0.25, 0.3) is 0 Å². The summed E-state index contributed by atoms with van der Waals surface area (Å²) in [6.07, 6.45) is 2.41. The third kappa shape index (κ3) is 8.31. The second kappa shape index (κ2) is 10.4. The molecule has 0 radical (unpaired) electrons. The molecule has 0 unspecified atom stereocenters. The van der Waals surface area contributed by atoms with Crippen LogP contribution >= 0.6 is 35.3 Å². The second-order valence-electron chi connectivity index (χ2n) is 6.77. The van der Waals surface area contributed by atoms with Crippen LogP contribution in [-0.4, -0.2) is 24.5 Å². The normalized spacial score (nSPS) is 12.2. The SMILES string of the molecule is CN=C(NCCCC(C)C)NCc1nc(C(C)(C)C)cs1.I. The molecule has 1 aromatic heterocycles. The van der Waals surface area contributed by atoms with E-state index in [-0.39, 0.29) is 29.4 Å². The molecule has 0 aliphatic heterocycles. The highest BCUT2D eigenvalue weighted by Crippen LogP contribution is 2.23. The summed E-state index contributed by atoms with van der Waals surface area (Å²) < 4.78 is 0. The van der Waals surface area contributed by atoms with Crippen LogP contribution < -0.4 is 10.6 Å². The van der Waals surface area contributed by atoms with Crippen LogP contribution in [0.1, 0.15) is 58.2 Å². The van der Waals surface area contributed by atoms with Gasteiger partial charge in [-0.15, -0.1) is 35.3 Å². The van der Waals surface area contributed by atoms with E-state index in [9.17, 15) is 0 Å². The lowest BCUT2D eigenvalue weighted by Gasteiger charge is -2.14. The molecule has 1 rings (SSSR count). The summed E-state index contributed by atoms with van der Waals surface area (Å²) >= 11 is 1.70. The Bertz CT molecular complexity index is 449. The Morgan fingerprint density at radius 1 is 1.32 bits per heavy atom. The predicted octanol–water partition coefficient (Wildman–Crippen LogP) is 4.16. The zero-order chi connectivity index (χ0) is 15.9. The van der Waals surface area contributed by atoms with E-state index >= 15 is 0 Å². The van der Waals surface area contributed by atoms with Crippen molar-refractivity contribution in [3.05, 3.63) is 16.1 Å². The quantitative estimate of drug-likeness (QED) is 0.304. The van der Waals surface area contributed by atoms with Gasteiger partial charge in [-0.2, -0.15) is 0 Å². The first-order valence-electron chi connectivity index (χ1n) is 7.72. The lowest BCUT2D eigenvalue weighted by molar-refractivity contribution is 0.549. The van der Waals surface area contributed by atoms with Gasteiger partial charge in [0.05, 0.1) is 12.2 Å². The van der Waals surface area contributed by atoms with Crippen molar-refractivity contribution in [2.45, 2.75) is 59.4 Å². The lowest BCUT2D eigenvalue weighted by atomic mass is 9.93. The summed E-state index contributed by atoms with van der Waals surface area (Å²) in [7, 11) is 1.81. The van der Waals surface area contributed by atoms with Crippen molar-refractivity contribution in [1.82, 2.24) is 15.6 Å². The maximum atomic E-state index is 4.68. The number of halogens is 1. The molecule has 0 saturated heterocycles. The number of rotatable bonds is 6. The Morgan fingerprint density at radius 3 is 2.50 bits per heavy atom. The summed E-state index contributed by atoms with van der Waals surface area (Å²) in [5.74, 6) is 1.61. The maximum absolute atomic E-state index is 4.68. The molecule has 0 aliphatic rings. The van der Waals surface area contributed by atoms with Gasteiger partial charge in [0.1, 0.15) is 5.01 Å². The molecule has 6 heteroatoms. The Morgan fingerprint density at radius 2 is 2.00 bits per heavy atom. The van der Waals surface area contributed by atoms with Crippen LogP contribution in [0.4, 0.5) is 0 Å². The first-order valence-corrected chi connectivity index (χ1v) is 8.60. The molecule has 0 aromatic carbocycles. The van der Waals surface area contributed by atoms with Crippen LogP contribution in [0.5, 0.6) is 0 Å². The minimum atomic E-state index is 0. The molecule has 1 aromatic rings. The number of thiazole rings is 1. The highest BCUT2D eigenvalue weighted by molar-refractivity contribution is 14.0. The van der Waals surface area contributed by atoms with Gasteiger partial charge in [-0.25, -0.2) is 4.98 Å². The van der Waals surface area contributed by atoms with E-state index in [1.54, 1.807) is 18.4 Å². The van der Waals surface area contributed by atoms with E-state index in [2.05, 4.69) is 60.6 Å². The summed E-state index contributed by atoms with van der Waals surface area (Å²) in [5.41, 5.74) is 1.27. The standard InChI is InChI=1S/C16H30N4S.HI/c1-12(2)8-7-9-18-15(17-6)19-10-14-20-13(11-21-14)16(3,4)5;/h11-12H,7-10H2,1-6H3,(H2,17,18,19);1H. The number of guanidine groups is 1. The zero-order valence-electron chi connectivity index (χ0n) is 14.7. The number of hydrogen-bond donors (Lipinski definition) is 2. The minimum absolute atomic E-state index is 0. The number of aromatic nitrogens is 1. The molecule has 128 valence electrons. The van der Waals surface area contributed by atoms with Crippen molar-refractivity contribution in [1.29, 1.82) is 0 Å². The van der Waals surface area contributed by atoms with Gasteiger partial charge < -0.3 is 10.6 Å². The second-order valence-corrected chi connectivity index (χ2v) is 7.71. The topological polar surface area (TPSA) is 49.3 Å². The third-order valence-corrected chi connectivity index (χ3v) is 4.05. The molecule has 0 amide bonds. The van der Waals surface area contributed by atoms with Crippen molar-refractivity contribution < 1.29 is 0 Å². The van der Waals surface area contributed by atoms with Gasteiger partial charge in [0.15, 0.2) is 5.96 Å². The van der Waals surface area contributed by atoms with Crippen LogP contribution in [0, 0.1) is 5.92 Å². The van der Waals surface area contributed by atoms with Gasteiger partial charge in [0.2, 0.25) is 0 Å². The smallest absolute Gasteiger partial charge is 0.191 e. The average molecular weight is 438 g/mol. The van der Waals surface area contributed by atoms with Crippen LogP contribution in [0.2, 0.25) is 0 Å². The van der Waals surface area contributed by atoms with Crippen LogP contribution in [0.3, 0.4) is 0 Å². The predicted molar refractivity (Wildman–Crippen MR) is 109 cm³/mol. The van der Waals surface area contributed by atoms with Crippen molar-refractivity contribution in [2.75, 3.05) is 13.6 Å². The first-order chi connectivity index (χ1) is 9.82. The number of aliphatic imine (C=N–C) groups is 1. The Labute approximate surface area is 156 Å². The molecule has 0 atom stereocenters. The summed E-state index contributed by atoms with van der Waals surface area (Å²) in [6.45, 7) is 12.8. The summed E-state index contributed by atoms with van der Waals surface area (Å²) in [5, 5.41) is 9.92. The molecular weight excluding hydrogens is 407 g/mol. The Hall–Kier alpha value is -0.370. The molecule has 0 spiro atoms. The molecule has 0 fully saturated rings. The number of nitrogens with one attached hydrogen (secondary N) is 2.